The molecule has 0 fully saturated rings. The second kappa shape index (κ2) is 10.1. The van der Waals surface area contributed by atoms with E-state index in [9.17, 15) is 28.8 Å². The highest BCUT2D eigenvalue weighted by Crippen LogP contribution is 2.12. The lowest BCUT2D eigenvalue weighted by molar-refractivity contribution is -0.152. The molecule has 0 radical (unpaired) electrons. The molecule has 0 atom stereocenters. The molecule has 27 heavy (non-hydrogen) atoms. The van der Waals surface area contributed by atoms with Crippen LogP contribution in [0.3, 0.4) is 0 Å². The lowest BCUT2D eigenvalue weighted by atomic mass is 10.0. The van der Waals surface area contributed by atoms with Crippen LogP contribution in [0.25, 0.3) is 0 Å². The molecule has 146 valence electrons. The predicted molar refractivity (Wildman–Crippen MR) is 83.0 cm³/mol. The average molecular weight is 386 g/mol. The van der Waals surface area contributed by atoms with Crippen molar-refractivity contribution in [2.24, 2.45) is 5.92 Å². The Hall–Kier alpha value is -3.96. The van der Waals surface area contributed by atoms with E-state index in [-0.39, 0.29) is 5.56 Å². The van der Waals surface area contributed by atoms with Crippen molar-refractivity contribution in [3.8, 4) is 0 Å². The van der Waals surface area contributed by atoms with Gasteiger partial charge in [0.05, 0.1) is 35.4 Å². The summed E-state index contributed by atoms with van der Waals surface area (Å²) >= 11 is 0. The van der Waals surface area contributed by atoms with Gasteiger partial charge in [-0.2, -0.15) is 0 Å². The molecule has 0 saturated heterocycles. The zero-order valence-corrected chi connectivity index (χ0v) is 13.4. The number of aliphatic carboxylic acids is 3. The summed E-state index contributed by atoms with van der Waals surface area (Å²) in [4.78, 5) is 62.1. The molecule has 0 bridgehead atoms. The maximum atomic E-state index is 10.6. The van der Waals surface area contributed by atoms with Gasteiger partial charge in [-0.1, -0.05) is 0 Å². The van der Waals surface area contributed by atoms with Crippen LogP contribution in [0.2, 0.25) is 0 Å². The van der Waals surface area contributed by atoms with Crippen LogP contribution in [0, 0.1) is 5.92 Å². The molecule has 1 aromatic carbocycles. The molecule has 1 rings (SSSR count). The number of hydrogen-bond donors (Lipinski definition) is 6. The lowest BCUT2D eigenvalue weighted by Gasteiger charge is -2.04. The molecular weight excluding hydrogens is 372 g/mol. The van der Waals surface area contributed by atoms with Crippen molar-refractivity contribution >= 4 is 35.8 Å². The Morgan fingerprint density at radius 3 is 1.41 bits per heavy atom. The number of carbonyl (C=O) groups is 6. The van der Waals surface area contributed by atoms with Crippen molar-refractivity contribution in [3.05, 3.63) is 34.9 Å². The molecule has 12 nitrogen and oxygen atoms in total. The highest BCUT2D eigenvalue weighted by molar-refractivity contribution is 6.03. The Morgan fingerprint density at radius 2 is 1.11 bits per heavy atom. The topological polar surface area (TPSA) is 224 Å². The van der Waals surface area contributed by atoms with Crippen molar-refractivity contribution in [2.45, 2.75) is 12.8 Å². The smallest absolute Gasteiger partial charge is 0.336 e. The summed E-state index contributed by atoms with van der Waals surface area (Å²) in [6.45, 7) is 0. The van der Waals surface area contributed by atoms with Crippen molar-refractivity contribution < 1.29 is 59.4 Å². The summed E-state index contributed by atoms with van der Waals surface area (Å²) in [6, 6.07) is 2.81. The van der Waals surface area contributed by atoms with Gasteiger partial charge >= 0.3 is 35.8 Å². The number of carboxylic acids is 6. The van der Waals surface area contributed by atoms with Crippen molar-refractivity contribution in [2.75, 3.05) is 0 Å². The maximum absolute atomic E-state index is 10.6. The third-order valence-electron chi connectivity index (χ3n) is 2.92. The average Bonchev–Trinajstić information content (AvgIpc) is 2.53. The van der Waals surface area contributed by atoms with E-state index in [1.807, 2.05) is 0 Å². The standard InChI is InChI=1S/C9H6O6.C6H8O6/c10-7(11)4-1-2-5(8(12)13)6(3-4)9(14)15;7-4(8)1-3(6(11)12)2-5(9)10/h1-3H,(H,10,11)(H,12,13)(H,14,15);3H,1-2H2,(H,7,8)(H,9,10)(H,11,12). The first-order valence-electron chi connectivity index (χ1n) is 6.87. The number of carboxylic acid groups (broad SMARTS) is 6. The largest absolute Gasteiger partial charge is 0.481 e. The van der Waals surface area contributed by atoms with Gasteiger partial charge in [0.1, 0.15) is 0 Å². The molecule has 0 unspecified atom stereocenters. The number of benzene rings is 1. The first kappa shape index (κ1) is 23.0. The Kier molecular flexibility index (Phi) is 8.64. The van der Waals surface area contributed by atoms with Crippen LogP contribution in [-0.2, 0) is 14.4 Å². The van der Waals surface area contributed by atoms with Crippen LogP contribution in [0.1, 0.15) is 43.9 Å². The fourth-order valence-corrected chi connectivity index (χ4v) is 1.71. The van der Waals surface area contributed by atoms with Gasteiger partial charge in [-0.15, -0.1) is 0 Å². The molecule has 1 aromatic rings. The molecule has 0 aliphatic heterocycles. The van der Waals surface area contributed by atoms with E-state index >= 15 is 0 Å². The fraction of sp³-hybridized carbons (Fsp3) is 0.200. The Labute approximate surface area is 149 Å². The summed E-state index contributed by atoms with van der Waals surface area (Å²) in [6.07, 6.45) is -1.33. The van der Waals surface area contributed by atoms with Crippen LogP contribution in [-0.4, -0.2) is 66.5 Å². The number of rotatable bonds is 8. The van der Waals surface area contributed by atoms with Gasteiger partial charge in [-0.25, -0.2) is 14.4 Å². The first-order chi connectivity index (χ1) is 12.4. The van der Waals surface area contributed by atoms with Crippen LogP contribution < -0.4 is 0 Å². The molecule has 0 aliphatic rings. The summed E-state index contributed by atoms with van der Waals surface area (Å²) in [7, 11) is 0. The molecule has 12 heteroatoms. The van der Waals surface area contributed by atoms with E-state index in [4.69, 9.17) is 30.6 Å². The maximum Gasteiger partial charge on any atom is 0.336 e. The minimum Gasteiger partial charge on any atom is -0.481 e. The minimum atomic E-state index is -1.48. The number of aromatic carboxylic acids is 3. The summed E-state index contributed by atoms with van der Waals surface area (Å²) in [5.41, 5.74) is -1.24. The third kappa shape index (κ3) is 8.11. The van der Waals surface area contributed by atoms with Crippen molar-refractivity contribution in [1.29, 1.82) is 0 Å². The van der Waals surface area contributed by atoms with Crippen molar-refractivity contribution in [1.82, 2.24) is 0 Å². The Morgan fingerprint density at radius 1 is 0.667 bits per heavy atom. The van der Waals surface area contributed by atoms with Gasteiger partial charge < -0.3 is 30.6 Å². The quantitative estimate of drug-likeness (QED) is 0.357. The van der Waals surface area contributed by atoms with Crippen molar-refractivity contribution in [3.63, 3.8) is 0 Å². The zero-order valence-electron chi connectivity index (χ0n) is 13.4. The monoisotopic (exact) mass is 386 g/mol. The highest BCUT2D eigenvalue weighted by Gasteiger charge is 2.23. The molecule has 0 amide bonds. The molecule has 0 spiro atoms. The van der Waals surface area contributed by atoms with Gasteiger partial charge in [0.2, 0.25) is 0 Å². The van der Waals surface area contributed by atoms with E-state index in [0.29, 0.717) is 0 Å². The normalized spacial score (nSPS) is 9.67. The molecular formula is C15H14O12. The fourth-order valence-electron chi connectivity index (χ4n) is 1.71. The molecule has 0 saturated carbocycles. The predicted octanol–water partition coefficient (Wildman–Crippen LogP) is 0.418. The zero-order chi connectivity index (χ0) is 21.3. The SMILES string of the molecule is O=C(O)CC(CC(=O)O)C(=O)O.O=C(O)c1ccc(C(=O)O)c(C(=O)O)c1. The van der Waals surface area contributed by atoms with Crippen LogP contribution in [0.5, 0.6) is 0 Å². The minimum absolute atomic E-state index is 0.266. The second-order valence-electron chi connectivity index (χ2n) is 4.91. The van der Waals surface area contributed by atoms with E-state index in [2.05, 4.69) is 0 Å². The summed E-state index contributed by atoms with van der Waals surface area (Å²) < 4.78 is 0. The Balaban J connectivity index is 0.000000516. The summed E-state index contributed by atoms with van der Waals surface area (Å²) in [5, 5.41) is 50.6. The summed E-state index contributed by atoms with van der Waals surface area (Å²) in [5.74, 6) is -9.58. The molecule has 0 aliphatic carbocycles. The number of hydrogen-bond acceptors (Lipinski definition) is 6. The van der Waals surface area contributed by atoms with Gasteiger partial charge in [0.15, 0.2) is 0 Å². The molecule has 0 heterocycles. The highest BCUT2D eigenvalue weighted by atomic mass is 16.4. The van der Waals surface area contributed by atoms with E-state index < -0.39 is 65.7 Å². The van der Waals surface area contributed by atoms with Gasteiger partial charge in [-0.05, 0) is 18.2 Å². The van der Waals surface area contributed by atoms with E-state index in [1.54, 1.807) is 0 Å². The van der Waals surface area contributed by atoms with Crippen LogP contribution in [0.4, 0.5) is 0 Å². The molecule has 6 N–H and O–H groups in total. The molecule has 0 aromatic heterocycles. The van der Waals surface area contributed by atoms with Crippen LogP contribution in [0.15, 0.2) is 18.2 Å². The van der Waals surface area contributed by atoms with Crippen LogP contribution >= 0.6 is 0 Å². The van der Waals surface area contributed by atoms with E-state index in [1.165, 1.54) is 0 Å². The van der Waals surface area contributed by atoms with E-state index in [0.717, 1.165) is 18.2 Å². The first-order valence-corrected chi connectivity index (χ1v) is 6.87. The van der Waals surface area contributed by atoms with Gasteiger partial charge in [0.25, 0.3) is 0 Å². The van der Waals surface area contributed by atoms with Gasteiger partial charge in [0, 0.05) is 0 Å². The third-order valence-corrected chi connectivity index (χ3v) is 2.92. The second-order valence-corrected chi connectivity index (χ2v) is 4.91. The lowest BCUT2D eigenvalue weighted by Crippen LogP contribution is -2.20. The van der Waals surface area contributed by atoms with Gasteiger partial charge in [-0.3, -0.25) is 14.4 Å². The Bertz CT molecular complexity index is 763.